The maximum atomic E-state index is 11.0. The summed E-state index contributed by atoms with van der Waals surface area (Å²) in [5.41, 5.74) is 3.26. The van der Waals surface area contributed by atoms with Crippen LogP contribution in [0.2, 0.25) is 0 Å². The highest BCUT2D eigenvalue weighted by atomic mass is 16.5. The van der Waals surface area contributed by atoms with E-state index in [0.29, 0.717) is 0 Å². The molecule has 2 aromatic carbocycles. The molecule has 0 bridgehead atoms. The van der Waals surface area contributed by atoms with Crippen molar-refractivity contribution in [2.24, 2.45) is 0 Å². The first-order valence-electron chi connectivity index (χ1n) is 8.10. The van der Waals surface area contributed by atoms with Crippen LogP contribution < -0.4 is 4.74 Å². The Morgan fingerprint density at radius 1 is 1.00 bits per heavy atom. The molecule has 0 amide bonds. The van der Waals surface area contributed by atoms with Gasteiger partial charge in [0.05, 0.1) is 6.61 Å². The molecule has 0 heterocycles. The number of esters is 1. The summed E-state index contributed by atoms with van der Waals surface area (Å²) in [5.74, 6) is 0.641. The van der Waals surface area contributed by atoms with Gasteiger partial charge in [0.25, 0.3) is 0 Å². The van der Waals surface area contributed by atoms with Crippen molar-refractivity contribution in [1.82, 2.24) is 0 Å². The van der Waals surface area contributed by atoms with Gasteiger partial charge in [0.15, 0.2) is 0 Å². The molecule has 23 heavy (non-hydrogen) atoms. The van der Waals surface area contributed by atoms with Gasteiger partial charge < -0.3 is 9.47 Å². The Bertz CT molecular complexity index is 614. The quantitative estimate of drug-likeness (QED) is 0.523. The summed E-state index contributed by atoms with van der Waals surface area (Å²) in [6.45, 7) is 6.21. The first-order chi connectivity index (χ1) is 11.1. The molecule has 0 aliphatic rings. The fourth-order valence-corrected chi connectivity index (χ4v) is 2.34. The Balaban J connectivity index is 2.03. The molecule has 3 nitrogen and oxygen atoms in total. The van der Waals surface area contributed by atoms with Crippen LogP contribution in [0.3, 0.4) is 0 Å². The zero-order valence-corrected chi connectivity index (χ0v) is 14.0. The van der Waals surface area contributed by atoms with Gasteiger partial charge in [-0.1, -0.05) is 49.7 Å². The van der Waals surface area contributed by atoms with E-state index in [-0.39, 0.29) is 12.1 Å². The van der Waals surface area contributed by atoms with Crippen LogP contribution in [0.1, 0.15) is 45.3 Å². The normalized spacial score (nSPS) is 11.8. The van der Waals surface area contributed by atoms with Crippen molar-refractivity contribution in [3.8, 4) is 16.9 Å². The smallest absolute Gasteiger partial charge is 0.303 e. The fourth-order valence-electron chi connectivity index (χ4n) is 2.34. The van der Waals surface area contributed by atoms with Gasteiger partial charge >= 0.3 is 5.97 Å². The van der Waals surface area contributed by atoms with E-state index >= 15 is 0 Å². The number of carbonyl (C=O) groups excluding carboxylic acids is 1. The molecule has 122 valence electrons. The minimum atomic E-state index is -0.264. The summed E-state index contributed by atoms with van der Waals surface area (Å²) in [5, 5.41) is 0. The van der Waals surface area contributed by atoms with E-state index in [1.54, 1.807) is 0 Å². The number of benzene rings is 2. The molecule has 0 radical (unpaired) electrons. The van der Waals surface area contributed by atoms with Gasteiger partial charge in [-0.2, -0.15) is 0 Å². The first-order valence-corrected chi connectivity index (χ1v) is 8.10. The molecule has 0 saturated heterocycles. The van der Waals surface area contributed by atoms with Crippen LogP contribution in [0.4, 0.5) is 0 Å². The highest BCUT2D eigenvalue weighted by Gasteiger charge is 2.08. The van der Waals surface area contributed by atoms with E-state index in [4.69, 9.17) is 9.47 Å². The van der Waals surface area contributed by atoms with Crippen molar-refractivity contribution in [3.63, 3.8) is 0 Å². The standard InChI is InChI=1S/C20H24O3/c1-4-5-14-22-20-12-10-19(11-13-20)18-8-6-17(7-9-18)15(2)23-16(3)21/h6-13,15H,4-5,14H2,1-3H3. The number of hydrogen-bond acceptors (Lipinski definition) is 3. The highest BCUT2D eigenvalue weighted by Crippen LogP contribution is 2.25. The maximum absolute atomic E-state index is 11.0. The average Bonchev–Trinajstić information content (AvgIpc) is 2.55. The summed E-state index contributed by atoms with van der Waals surface area (Å²) in [6.07, 6.45) is 1.98. The van der Waals surface area contributed by atoms with E-state index < -0.39 is 0 Å². The Kier molecular flexibility index (Phi) is 6.21. The summed E-state index contributed by atoms with van der Waals surface area (Å²) in [4.78, 5) is 11.0. The Hall–Kier alpha value is -2.29. The van der Waals surface area contributed by atoms with Crippen molar-refractivity contribution in [1.29, 1.82) is 0 Å². The molecule has 1 atom stereocenters. The topological polar surface area (TPSA) is 35.5 Å². The summed E-state index contributed by atoms with van der Waals surface area (Å²) in [6, 6.07) is 16.2. The molecule has 0 N–H and O–H groups in total. The average molecular weight is 312 g/mol. The van der Waals surface area contributed by atoms with E-state index in [0.717, 1.165) is 41.9 Å². The molecule has 0 aliphatic heterocycles. The number of ether oxygens (including phenoxy) is 2. The predicted octanol–water partition coefficient (Wildman–Crippen LogP) is 5.16. The Morgan fingerprint density at radius 3 is 2.09 bits per heavy atom. The van der Waals surface area contributed by atoms with Crippen LogP contribution in [0.15, 0.2) is 48.5 Å². The fraction of sp³-hybridized carbons (Fsp3) is 0.350. The van der Waals surface area contributed by atoms with E-state index in [1.807, 2.05) is 43.3 Å². The summed E-state index contributed by atoms with van der Waals surface area (Å²) < 4.78 is 10.9. The van der Waals surface area contributed by atoms with Crippen LogP contribution >= 0.6 is 0 Å². The summed E-state index contributed by atoms with van der Waals surface area (Å²) >= 11 is 0. The van der Waals surface area contributed by atoms with Gasteiger partial charge in [-0.25, -0.2) is 0 Å². The van der Waals surface area contributed by atoms with E-state index in [9.17, 15) is 4.79 Å². The third-order valence-corrected chi connectivity index (χ3v) is 3.68. The molecular weight excluding hydrogens is 288 g/mol. The van der Waals surface area contributed by atoms with Crippen LogP contribution in [0.25, 0.3) is 11.1 Å². The number of rotatable bonds is 7. The van der Waals surface area contributed by atoms with Gasteiger partial charge in [0, 0.05) is 6.92 Å². The Morgan fingerprint density at radius 2 is 1.57 bits per heavy atom. The molecule has 0 aliphatic carbocycles. The maximum Gasteiger partial charge on any atom is 0.303 e. The highest BCUT2D eigenvalue weighted by molar-refractivity contribution is 5.67. The van der Waals surface area contributed by atoms with Gasteiger partial charge in [-0.3, -0.25) is 4.79 Å². The lowest BCUT2D eigenvalue weighted by Crippen LogP contribution is -2.04. The SMILES string of the molecule is CCCCOc1ccc(-c2ccc(C(C)OC(C)=O)cc2)cc1. The number of hydrogen-bond donors (Lipinski definition) is 0. The minimum Gasteiger partial charge on any atom is -0.494 e. The van der Waals surface area contributed by atoms with Crippen molar-refractivity contribution in [2.75, 3.05) is 6.61 Å². The number of unbranched alkanes of at least 4 members (excludes halogenated alkanes) is 1. The second-order valence-electron chi connectivity index (χ2n) is 5.60. The lowest BCUT2D eigenvalue weighted by Gasteiger charge is -2.13. The zero-order valence-electron chi connectivity index (χ0n) is 14.0. The van der Waals surface area contributed by atoms with Gasteiger partial charge in [-0.15, -0.1) is 0 Å². The lowest BCUT2D eigenvalue weighted by atomic mass is 10.0. The molecule has 0 spiro atoms. The van der Waals surface area contributed by atoms with Gasteiger partial charge in [0.2, 0.25) is 0 Å². The molecule has 0 saturated carbocycles. The third kappa shape index (κ3) is 5.13. The van der Waals surface area contributed by atoms with Crippen molar-refractivity contribution >= 4 is 5.97 Å². The lowest BCUT2D eigenvalue weighted by molar-refractivity contribution is -0.145. The molecule has 1 unspecified atom stereocenters. The van der Waals surface area contributed by atoms with Crippen molar-refractivity contribution in [2.45, 2.75) is 39.7 Å². The van der Waals surface area contributed by atoms with Crippen molar-refractivity contribution in [3.05, 3.63) is 54.1 Å². The molecule has 0 aromatic heterocycles. The Labute approximate surface area is 138 Å². The van der Waals surface area contributed by atoms with E-state index in [2.05, 4.69) is 19.1 Å². The second-order valence-corrected chi connectivity index (χ2v) is 5.60. The molecule has 2 aromatic rings. The van der Waals surface area contributed by atoms with Crippen LogP contribution in [-0.4, -0.2) is 12.6 Å². The van der Waals surface area contributed by atoms with Crippen LogP contribution in [0, 0.1) is 0 Å². The van der Waals surface area contributed by atoms with E-state index in [1.165, 1.54) is 6.92 Å². The molecular formula is C20H24O3. The predicted molar refractivity (Wildman–Crippen MR) is 92.5 cm³/mol. The van der Waals surface area contributed by atoms with Crippen LogP contribution in [-0.2, 0) is 9.53 Å². The van der Waals surface area contributed by atoms with Gasteiger partial charge in [-0.05, 0) is 42.2 Å². The first kappa shape index (κ1) is 17.1. The minimum absolute atomic E-state index is 0.226. The zero-order chi connectivity index (χ0) is 16.7. The van der Waals surface area contributed by atoms with Crippen molar-refractivity contribution < 1.29 is 14.3 Å². The molecule has 3 heteroatoms. The monoisotopic (exact) mass is 312 g/mol. The molecule has 0 fully saturated rings. The number of carbonyl (C=O) groups is 1. The largest absolute Gasteiger partial charge is 0.494 e. The molecule has 2 rings (SSSR count). The summed E-state index contributed by atoms with van der Waals surface area (Å²) in [7, 11) is 0. The van der Waals surface area contributed by atoms with Crippen LogP contribution in [0.5, 0.6) is 5.75 Å². The van der Waals surface area contributed by atoms with Gasteiger partial charge in [0.1, 0.15) is 11.9 Å². The second kappa shape index (κ2) is 8.37. The third-order valence-electron chi connectivity index (χ3n) is 3.68.